The van der Waals surface area contributed by atoms with E-state index in [1.165, 1.54) is 0 Å². The van der Waals surface area contributed by atoms with Gasteiger partial charge in [-0.3, -0.25) is 12.2 Å². The first-order chi connectivity index (χ1) is 5.00. The molecule has 0 saturated heterocycles. The van der Waals surface area contributed by atoms with Gasteiger partial charge in [0.1, 0.15) is 0 Å². The molecule has 0 saturated carbocycles. The zero-order valence-corrected chi connectivity index (χ0v) is 15.3. The maximum absolute atomic E-state index is 2.99. The molecule has 104 valence electrons. The normalized spacial score (nSPS) is 10.4. The summed E-state index contributed by atoms with van der Waals surface area (Å²) in [5.74, 6) is 0. The van der Waals surface area contributed by atoms with Crippen LogP contribution in [-0.2, 0) is 26.2 Å². The van der Waals surface area contributed by atoms with Gasteiger partial charge in [0.2, 0.25) is 0 Å². The first-order valence-electron chi connectivity index (χ1n) is 3.43. The molecule has 0 spiro atoms. The van der Waals surface area contributed by atoms with Crippen LogP contribution in [0.5, 0.6) is 0 Å². The van der Waals surface area contributed by atoms with Crippen LogP contribution in [0.2, 0.25) is 0 Å². The van der Waals surface area contributed by atoms with Crippen LogP contribution in [0.3, 0.4) is 0 Å². The largest absolute Gasteiger partial charge is 0.358 e. The van der Waals surface area contributed by atoms with E-state index in [1.807, 2.05) is 24.3 Å². The molecular formula is C14H24Cl2Zr-6. The molecule has 0 atom stereocenters. The Labute approximate surface area is 141 Å². The van der Waals surface area contributed by atoms with Gasteiger partial charge in [-0.2, -0.15) is 12.2 Å². The van der Waals surface area contributed by atoms with Gasteiger partial charge in [0.05, 0.1) is 0 Å². The second kappa shape index (κ2) is 36.0. The van der Waals surface area contributed by atoms with Crippen molar-refractivity contribution >= 4 is 24.8 Å². The van der Waals surface area contributed by atoms with E-state index in [4.69, 9.17) is 0 Å². The Morgan fingerprint density at radius 1 is 0.647 bits per heavy atom. The molecule has 0 aliphatic heterocycles. The second-order valence-electron chi connectivity index (χ2n) is 2.01. The number of hydrogen-bond acceptors (Lipinski definition) is 0. The molecule has 0 aromatic carbocycles. The van der Waals surface area contributed by atoms with E-state index < -0.39 is 0 Å². The van der Waals surface area contributed by atoms with Gasteiger partial charge in [-0.25, -0.2) is 24.3 Å². The summed E-state index contributed by atoms with van der Waals surface area (Å²) in [5, 5.41) is 0. The molecule has 0 unspecified atom stereocenters. The molecule has 3 heteroatoms. The third kappa shape index (κ3) is 31.4. The van der Waals surface area contributed by atoms with Crippen LogP contribution >= 0.6 is 24.8 Å². The van der Waals surface area contributed by atoms with E-state index in [0.29, 0.717) is 0 Å². The summed E-state index contributed by atoms with van der Waals surface area (Å²) >= 11 is 0. The standard InChI is InChI=1S/2C5H5.4CH3.2ClH.Zr/c2*1-2-4-5-3-1;;;;;;;/h2*1-3H,4H2;4*1H3;2*1H;/q6*-1;;;. The fourth-order valence-electron chi connectivity index (χ4n) is 0.680. The van der Waals surface area contributed by atoms with Crippen molar-refractivity contribution in [2.75, 3.05) is 0 Å². The minimum absolute atomic E-state index is 0. The molecule has 0 fully saturated rings. The van der Waals surface area contributed by atoms with Crippen LogP contribution in [-0.4, -0.2) is 0 Å². The summed E-state index contributed by atoms with van der Waals surface area (Å²) in [6, 6.07) is 0. The van der Waals surface area contributed by atoms with Crippen LogP contribution in [0.4, 0.5) is 0 Å². The molecule has 17 heavy (non-hydrogen) atoms. The summed E-state index contributed by atoms with van der Waals surface area (Å²) in [6.45, 7) is 0. The maximum atomic E-state index is 2.99. The zero-order chi connectivity index (χ0) is 7.07. The van der Waals surface area contributed by atoms with Gasteiger partial charge in [0.15, 0.2) is 0 Å². The third-order valence-electron chi connectivity index (χ3n) is 1.17. The van der Waals surface area contributed by atoms with E-state index in [0.717, 1.165) is 12.8 Å². The van der Waals surface area contributed by atoms with Crippen molar-refractivity contribution in [1.82, 2.24) is 0 Å². The molecule has 0 radical (unpaired) electrons. The topological polar surface area (TPSA) is 0 Å². The van der Waals surface area contributed by atoms with Gasteiger partial charge < -0.3 is 29.7 Å². The fraction of sp³-hybridized carbons (Fsp3) is 0.143. The van der Waals surface area contributed by atoms with Crippen molar-refractivity contribution in [3.05, 3.63) is 78.3 Å². The smallest absolute Gasteiger partial charge is 0 e. The Bertz CT molecular complexity index is 152. The predicted octanol–water partition coefficient (Wildman–Crippen LogP) is 5.25. The van der Waals surface area contributed by atoms with Gasteiger partial charge in [-0.1, -0.05) is 0 Å². The van der Waals surface area contributed by atoms with E-state index in [-0.39, 0.29) is 80.7 Å². The summed E-state index contributed by atoms with van der Waals surface area (Å²) in [4.78, 5) is 0. The molecular weight excluding hydrogens is 330 g/mol. The Hall–Kier alpha value is 0.423. The Kier molecular flexibility index (Phi) is 91.5. The van der Waals surface area contributed by atoms with E-state index in [1.54, 1.807) is 0 Å². The molecule has 0 nitrogen and oxygen atoms in total. The first-order valence-corrected chi connectivity index (χ1v) is 3.43. The molecule has 0 N–H and O–H groups in total. The second-order valence-corrected chi connectivity index (χ2v) is 2.01. The van der Waals surface area contributed by atoms with Crippen LogP contribution in [0.25, 0.3) is 0 Å². The van der Waals surface area contributed by atoms with E-state index >= 15 is 0 Å². The fourth-order valence-corrected chi connectivity index (χ4v) is 0.680. The van der Waals surface area contributed by atoms with E-state index in [2.05, 4.69) is 24.3 Å². The van der Waals surface area contributed by atoms with Gasteiger partial charge in [-0.15, -0.1) is 37.7 Å². The Morgan fingerprint density at radius 3 is 1.00 bits per heavy atom. The summed E-state index contributed by atoms with van der Waals surface area (Å²) in [5.41, 5.74) is 0. The van der Waals surface area contributed by atoms with Gasteiger partial charge in [0.25, 0.3) is 0 Å². The number of allylic oxidation sites excluding steroid dienone is 8. The monoisotopic (exact) mass is 352 g/mol. The Balaban J connectivity index is -0.0000000167. The Morgan fingerprint density at radius 2 is 0.941 bits per heavy atom. The number of rotatable bonds is 0. The molecule has 2 aliphatic carbocycles. The summed E-state index contributed by atoms with van der Waals surface area (Å²) in [6.07, 6.45) is 20.0. The molecule has 2 rings (SSSR count). The average molecular weight is 354 g/mol. The van der Waals surface area contributed by atoms with Gasteiger partial charge in [0, 0.05) is 26.2 Å². The van der Waals surface area contributed by atoms with E-state index in [9.17, 15) is 0 Å². The number of halogens is 2. The van der Waals surface area contributed by atoms with Crippen LogP contribution < -0.4 is 0 Å². The van der Waals surface area contributed by atoms with Crippen LogP contribution in [0, 0.1) is 41.9 Å². The quantitative estimate of drug-likeness (QED) is 0.521. The molecule has 2 aliphatic rings. The van der Waals surface area contributed by atoms with Crippen LogP contribution in [0.1, 0.15) is 12.8 Å². The molecule has 0 heterocycles. The molecule has 0 aromatic heterocycles. The van der Waals surface area contributed by atoms with Crippen LogP contribution in [0.15, 0.2) is 36.5 Å². The van der Waals surface area contributed by atoms with Crippen molar-refractivity contribution in [2.24, 2.45) is 0 Å². The molecule has 0 amide bonds. The maximum Gasteiger partial charge on any atom is 0 e. The first kappa shape index (κ1) is 43.3. The van der Waals surface area contributed by atoms with Crippen molar-refractivity contribution < 1.29 is 26.2 Å². The summed E-state index contributed by atoms with van der Waals surface area (Å²) in [7, 11) is 0. The predicted molar refractivity (Wildman–Crippen MR) is 83.3 cm³/mol. The van der Waals surface area contributed by atoms with Gasteiger partial charge >= 0.3 is 0 Å². The van der Waals surface area contributed by atoms with Crippen molar-refractivity contribution in [3.8, 4) is 0 Å². The summed E-state index contributed by atoms with van der Waals surface area (Å²) < 4.78 is 0. The SMILES string of the molecule is Cl.Cl.[C-]1=CC=CC1.[C-]1=CC=CC1.[CH3-].[CH3-].[CH3-].[CH3-].[Zr]. The zero-order valence-electron chi connectivity index (χ0n) is 11.2. The van der Waals surface area contributed by atoms with Gasteiger partial charge in [-0.05, 0) is 0 Å². The molecule has 0 aromatic rings. The average Bonchev–Trinajstić information content (AvgIpc) is 2.67. The third-order valence-corrected chi connectivity index (χ3v) is 1.17. The minimum Gasteiger partial charge on any atom is -0.358 e. The van der Waals surface area contributed by atoms with Crippen molar-refractivity contribution in [2.45, 2.75) is 12.8 Å². The molecule has 0 bridgehead atoms. The minimum atomic E-state index is 0. The number of hydrogen-bond donors (Lipinski definition) is 0. The van der Waals surface area contributed by atoms with Crippen molar-refractivity contribution in [1.29, 1.82) is 0 Å². The van der Waals surface area contributed by atoms with Crippen molar-refractivity contribution in [3.63, 3.8) is 0 Å².